The van der Waals surface area contributed by atoms with Crippen molar-refractivity contribution in [1.29, 1.82) is 0 Å². The summed E-state index contributed by atoms with van der Waals surface area (Å²) in [4.78, 5) is 52.8. The van der Waals surface area contributed by atoms with Crippen molar-refractivity contribution in [3.05, 3.63) is 123 Å². The Bertz CT molecular complexity index is 1740. The summed E-state index contributed by atoms with van der Waals surface area (Å²) in [6.07, 6.45) is 2.60. The number of fused-ring (bicyclic) bond motifs is 4. The number of anilines is 3. The minimum Gasteiger partial charge on any atom is -0.388 e. The van der Waals surface area contributed by atoms with E-state index in [2.05, 4.69) is 16.0 Å². The predicted molar refractivity (Wildman–Crippen MR) is 160 cm³/mol. The van der Waals surface area contributed by atoms with Gasteiger partial charge in [-0.1, -0.05) is 60.7 Å². The second kappa shape index (κ2) is 10.8. The Hall–Kier alpha value is -5.04. The summed E-state index contributed by atoms with van der Waals surface area (Å²) in [6.45, 7) is 1.29. The standard InChI is InChI=1S/C34H29N3O4/c1-35-25-16-17-27(30-29(25)33(40)22-12-5-6-13-23(22)34(30)41)37-19-8-2-7-18-36-26-15-9-14-24-28(26)32(39)21-11-4-3-10-20(21)31(24)38/h3-6,9-17,35-37H,2,7-8,18-19H2,1H3. The van der Waals surface area contributed by atoms with Crippen molar-refractivity contribution in [1.82, 2.24) is 0 Å². The summed E-state index contributed by atoms with van der Waals surface area (Å²) in [5.41, 5.74) is 5.42. The van der Waals surface area contributed by atoms with E-state index in [1.54, 1.807) is 67.7 Å². The molecule has 7 nitrogen and oxygen atoms in total. The summed E-state index contributed by atoms with van der Waals surface area (Å²) < 4.78 is 0. The Morgan fingerprint density at radius 3 is 1.44 bits per heavy atom. The lowest BCUT2D eigenvalue weighted by Crippen LogP contribution is -2.24. The van der Waals surface area contributed by atoms with Crippen LogP contribution in [-0.4, -0.2) is 43.3 Å². The second-order valence-corrected chi connectivity index (χ2v) is 10.2. The van der Waals surface area contributed by atoms with Crippen LogP contribution in [0, 0.1) is 0 Å². The Morgan fingerprint density at radius 2 is 0.878 bits per heavy atom. The first-order valence-electron chi connectivity index (χ1n) is 13.8. The molecule has 0 fully saturated rings. The molecule has 0 bridgehead atoms. The average Bonchev–Trinajstić information content (AvgIpc) is 3.01. The number of hydrogen-bond acceptors (Lipinski definition) is 7. The lowest BCUT2D eigenvalue weighted by Gasteiger charge is -2.23. The third kappa shape index (κ3) is 4.49. The Balaban J connectivity index is 1.07. The molecule has 7 heteroatoms. The van der Waals surface area contributed by atoms with Gasteiger partial charge in [-0.25, -0.2) is 0 Å². The van der Waals surface area contributed by atoms with Gasteiger partial charge in [-0.15, -0.1) is 0 Å². The molecule has 0 saturated carbocycles. The molecule has 0 heterocycles. The van der Waals surface area contributed by atoms with E-state index in [1.165, 1.54) is 0 Å². The van der Waals surface area contributed by atoms with Crippen LogP contribution in [0.5, 0.6) is 0 Å². The fraction of sp³-hybridized carbons (Fsp3) is 0.176. The van der Waals surface area contributed by atoms with Gasteiger partial charge in [0.25, 0.3) is 0 Å². The van der Waals surface area contributed by atoms with Gasteiger partial charge in [-0.05, 0) is 37.5 Å². The van der Waals surface area contributed by atoms with Crippen LogP contribution in [-0.2, 0) is 0 Å². The van der Waals surface area contributed by atoms with Gasteiger partial charge in [0.2, 0.25) is 0 Å². The van der Waals surface area contributed by atoms with E-state index in [-0.39, 0.29) is 23.1 Å². The molecule has 0 spiro atoms. The summed E-state index contributed by atoms with van der Waals surface area (Å²) in [5.74, 6) is -0.564. The molecular formula is C34H29N3O4. The number of rotatable bonds is 9. The smallest absolute Gasteiger partial charge is 0.196 e. The maximum atomic E-state index is 13.4. The van der Waals surface area contributed by atoms with Crippen molar-refractivity contribution < 1.29 is 19.2 Å². The summed E-state index contributed by atoms with van der Waals surface area (Å²) in [5, 5.41) is 9.78. The molecule has 0 saturated heterocycles. The molecular weight excluding hydrogens is 514 g/mol. The molecule has 4 aromatic rings. The molecule has 0 aliphatic heterocycles. The largest absolute Gasteiger partial charge is 0.388 e. The van der Waals surface area contributed by atoms with Crippen molar-refractivity contribution in [2.24, 2.45) is 0 Å². The molecule has 0 aromatic heterocycles. The highest BCUT2D eigenvalue weighted by Gasteiger charge is 2.34. The zero-order valence-electron chi connectivity index (χ0n) is 22.7. The van der Waals surface area contributed by atoms with E-state index in [0.717, 1.165) is 19.3 Å². The highest BCUT2D eigenvalue weighted by Crippen LogP contribution is 2.36. The van der Waals surface area contributed by atoms with Gasteiger partial charge in [-0.3, -0.25) is 19.2 Å². The van der Waals surface area contributed by atoms with E-state index < -0.39 is 0 Å². The predicted octanol–water partition coefficient (Wildman–Crippen LogP) is 5.97. The van der Waals surface area contributed by atoms with Gasteiger partial charge in [-0.2, -0.15) is 0 Å². The zero-order chi connectivity index (χ0) is 28.5. The molecule has 204 valence electrons. The van der Waals surface area contributed by atoms with Crippen molar-refractivity contribution in [2.75, 3.05) is 36.1 Å². The second-order valence-electron chi connectivity index (χ2n) is 10.2. The Kier molecular flexibility index (Phi) is 6.93. The van der Waals surface area contributed by atoms with Crippen LogP contribution in [0.2, 0.25) is 0 Å². The topological polar surface area (TPSA) is 104 Å². The molecule has 0 atom stereocenters. The summed E-state index contributed by atoms with van der Waals surface area (Å²) in [7, 11) is 1.74. The average molecular weight is 544 g/mol. The number of carbonyl (C=O) groups is 4. The number of nitrogens with one attached hydrogen (secondary N) is 3. The fourth-order valence-electron chi connectivity index (χ4n) is 5.74. The van der Waals surface area contributed by atoms with Gasteiger partial charge in [0.05, 0.1) is 16.7 Å². The van der Waals surface area contributed by atoms with E-state index in [1.807, 2.05) is 18.2 Å². The van der Waals surface area contributed by atoms with E-state index >= 15 is 0 Å². The third-order valence-corrected chi connectivity index (χ3v) is 7.78. The minimum absolute atomic E-state index is 0.126. The lowest BCUT2D eigenvalue weighted by molar-refractivity contribution is 0.0979. The summed E-state index contributed by atoms with van der Waals surface area (Å²) in [6, 6.07) is 22.9. The molecule has 2 aliphatic carbocycles. The highest BCUT2D eigenvalue weighted by molar-refractivity contribution is 6.32. The zero-order valence-corrected chi connectivity index (χ0v) is 22.7. The van der Waals surface area contributed by atoms with Gasteiger partial charge in [0.1, 0.15) is 0 Å². The SMILES string of the molecule is CNc1ccc(NCCCCCNc2cccc3c2C(=O)c2ccccc2C3=O)c2c1C(=O)c1ccccc1C2=O. The normalized spacial score (nSPS) is 13.2. The van der Waals surface area contributed by atoms with E-state index in [0.29, 0.717) is 74.7 Å². The first-order valence-corrected chi connectivity index (χ1v) is 13.8. The van der Waals surface area contributed by atoms with Crippen LogP contribution in [0.3, 0.4) is 0 Å². The van der Waals surface area contributed by atoms with Crippen molar-refractivity contribution >= 4 is 40.2 Å². The lowest BCUT2D eigenvalue weighted by atomic mass is 9.82. The van der Waals surface area contributed by atoms with Crippen LogP contribution in [0.4, 0.5) is 17.1 Å². The van der Waals surface area contributed by atoms with Crippen molar-refractivity contribution in [3.8, 4) is 0 Å². The number of benzene rings is 4. The number of ketones is 4. The van der Waals surface area contributed by atoms with Gasteiger partial charge < -0.3 is 16.0 Å². The van der Waals surface area contributed by atoms with Crippen LogP contribution >= 0.6 is 0 Å². The molecule has 6 rings (SSSR count). The number of unbranched alkanes of at least 4 members (excludes halogenated alkanes) is 2. The first kappa shape index (κ1) is 26.2. The molecule has 0 amide bonds. The third-order valence-electron chi connectivity index (χ3n) is 7.78. The molecule has 41 heavy (non-hydrogen) atoms. The van der Waals surface area contributed by atoms with Gasteiger partial charge >= 0.3 is 0 Å². The van der Waals surface area contributed by atoms with Crippen molar-refractivity contribution in [2.45, 2.75) is 19.3 Å². The van der Waals surface area contributed by atoms with Crippen LogP contribution < -0.4 is 16.0 Å². The monoisotopic (exact) mass is 543 g/mol. The van der Waals surface area contributed by atoms with Crippen LogP contribution in [0.25, 0.3) is 0 Å². The quantitative estimate of drug-likeness (QED) is 0.193. The molecule has 4 aromatic carbocycles. The van der Waals surface area contributed by atoms with Gasteiger partial charge in [0, 0.05) is 65.0 Å². The maximum absolute atomic E-state index is 13.4. The Morgan fingerprint density at radius 1 is 0.439 bits per heavy atom. The van der Waals surface area contributed by atoms with Gasteiger partial charge in [0.15, 0.2) is 23.1 Å². The molecule has 0 radical (unpaired) electrons. The Labute approximate surface area is 238 Å². The van der Waals surface area contributed by atoms with Crippen LogP contribution in [0.15, 0.2) is 78.9 Å². The summed E-state index contributed by atoms with van der Waals surface area (Å²) >= 11 is 0. The van der Waals surface area contributed by atoms with Crippen LogP contribution in [0.1, 0.15) is 82.9 Å². The van der Waals surface area contributed by atoms with Crippen molar-refractivity contribution in [3.63, 3.8) is 0 Å². The van der Waals surface area contributed by atoms with E-state index in [4.69, 9.17) is 0 Å². The first-order chi connectivity index (χ1) is 20.0. The molecule has 2 aliphatic rings. The highest BCUT2D eigenvalue weighted by atomic mass is 16.1. The maximum Gasteiger partial charge on any atom is 0.196 e. The molecule has 0 unspecified atom stereocenters. The number of carbonyl (C=O) groups excluding carboxylic acids is 4. The fourth-order valence-corrected chi connectivity index (χ4v) is 5.74. The minimum atomic E-state index is -0.152. The van der Waals surface area contributed by atoms with E-state index in [9.17, 15) is 19.2 Å². The molecule has 3 N–H and O–H groups in total. The number of hydrogen-bond donors (Lipinski definition) is 3.